The van der Waals surface area contributed by atoms with Gasteiger partial charge in [-0.25, -0.2) is 4.79 Å². The van der Waals surface area contributed by atoms with E-state index in [1.54, 1.807) is 48.4 Å². The Morgan fingerprint density at radius 1 is 1.03 bits per heavy atom. The van der Waals surface area contributed by atoms with Crippen molar-refractivity contribution in [1.29, 1.82) is 0 Å². The van der Waals surface area contributed by atoms with Crippen LogP contribution in [0.3, 0.4) is 0 Å². The molecular formula is C27H24ClN3O5. The van der Waals surface area contributed by atoms with Gasteiger partial charge in [0.15, 0.2) is 11.5 Å². The molecule has 5 rings (SSSR count). The molecule has 0 atom stereocenters. The number of rotatable bonds is 6. The summed E-state index contributed by atoms with van der Waals surface area (Å²) in [4.78, 5) is 30.9. The van der Waals surface area contributed by atoms with Crippen LogP contribution in [0, 0.1) is 0 Å². The predicted octanol–water partition coefficient (Wildman–Crippen LogP) is 5.20. The molecule has 0 saturated heterocycles. The number of aromatic nitrogens is 1. The number of nitrogens with zero attached hydrogens (tertiary/aromatic N) is 1. The monoisotopic (exact) mass is 505 g/mol. The zero-order valence-electron chi connectivity index (χ0n) is 19.5. The first kappa shape index (κ1) is 23.6. The SMILES string of the molecule is COc1ccccc1NC(=O)N(Cc1ccc(Cl)cc1)Cc1cc2cc3c(cc2[nH]c1=O)OCCO3. The molecule has 8 nitrogen and oxygen atoms in total. The summed E-state index contributed by atoms with van der Waals surface area (Å²) >= 11 is 6.04. The number of hydrogen-bond donors (Lipinski definition) is 2. The molecule has 9 heteroatoms. The summed E-state index contributed by atoms with van der Waals surface area (Å²) in [6, 6.07) is 19.4. The van der Waals surface area contributed by atoms with Crippen molar-refractivity contribution >= 4 is 34.2 Å². The van der Waals surface area contributed by atoms with Crippen molar-refractivity contribution in [3.8, 4) is 17.2 Å². The first-order valence-electron chi connectivity index (χ1n) is 11.4. The minimum absolute atomic E-state index is 0.0727. The number of H-pyrrole nitrogens is 1. The number of ether oxygens (including phenoxy) is 3. The van der Waals surface area contributed by atoms with E-state index in [1.165, 1.54) is 0 Å². The van der Waals surface area contributed by atoms with Crippen LogP contribution in [0.15, 0.2) is 71.5 Å². The van der Waals surface area contributed by atoms with E-state index in [0.29, 0.717) is 52.3 Å². The second-order valence-corrected chi connectivity index (χ2v) is 8.76. The van der Waals surface area contributed by atoms with E-state index in [1.807, 2.05) is 30.3 Å². The molecule has 0 aliphatic carbocycles. The van der Waals surface area contributed by atoms with Crippen LogP contribution in [0.25, 0.3) is 10.9 Å². The summed E-state index contributed by atoms with van der Waals surface area (Å²) in [6.45, 7) is 1.26. The van der Waals surface area contributed by atoms with E-state index in [9.17, 15) is 9.59 Å². The fourth-order valence-corrected chi connectivity index (χ4v) is 4.19. The number of para-hydroxylation sites is 2. The number of hydrogen-bond acceptors (Lipinski definition) is 5. The summed E-state index contributed by atoms with van der Waals surface area (Å²) < 4.78 is 16.7. The van der Waals surface area contributed by atoms with Crippen molar-refractivity contribution in [2.24, 2.45) is 0 Å². The first-order valence-corrected chi connectivity index (χ1v) is 11.8. The Labute approximate surface area is 212 Å². The number of pyridine rings is 1. The van der Waals surface area contributed by atoms with Crippen LogP contribution in [0.2, 0.25) is 5.02 Å². The number of methoxy groups -OCH3 is 1. The van der Waals surface area contributed by atoms with Gasteiger partial charge < -0.3 is 29.4 Å². The van der Waals surface area contributed by atoms with Crippen molar-refractivity contribution < 1.29 is 19.0 Å². The normalized spacial score (nSPS) is 12.3. The van der Waals surface area contributed by atoms with Crippen molar-refractivity contribution in [2.75, 3.05) is 25.6 Å². The van der Waals surface area contributed by atoms with Crippen LogP contribution in [-0.2, 0) is 13.1 Å². The number of nitrogens with one attached hydrogen (secondary N) is 2. The molecule has 0 saturated carbocycles. The third kappa shape index (κ3) is 5.08. The molecule has 36 heavy (non-hydrogen) atoms. The van der Waals surface area contributed by atoms with Gasteiger partial charge in [0, 0.05) is 28.6 Å². The van der Waals surface area contributed by atoms with Crippen molar-refractivity contribution in [3.05, 3.63) is 93.2 Å². The van der Waals surface area contributed by atoms with Gasteiger partial charge in [-0.3, -0.25) is 4.79 Å². The summed E-state index contributed by atoms with van der Waals surface area (Å²) in [5, 5.41) is 4.28. The smallest absolute Gasteiger partial charge is 0.322 e. The number of urea groups is 1. The molecule has 2 heterocycles. The van der Waals surface area contributed by atoms with Crippen LogP contribution in [0.5, 0.6) is 17.2 Å². The Kier molecular flexibility index (Phi) is 6.69. The molecule has 2 N–H and O–H groups in total. The third-order valence-electron chi connectivity index (χ3n) is 5.87. The van der Waals surface area contributed by atoms with E-state index >= 15 is 0 Å². The lowest BCUT2D eigenvalue weighted by Gasteiger charge is -2.24. The fraction of sp³-hybridized carbons (Fsp3) is 0.185. The zero-order valence-corrected chi connectivity index (χ0v) is 20.3. The standard InChI is InChI=1S/C27H24ClN3O5/c1-34-23-5-3-2-4-21(23)30-27(33)31(15-17-6-8-20(28)9-7-17)16-19-12-18-13-24-25(36-11-10-35-24)14-22(18)29-26(19)32/h2-9,12-14H,10-11,15-16H2,1H3,(H,29,32)(H,30,33). The minimum atomic E-state index is -0.379. The van der Waals surface area contributed by atoms with Gasteiger partial charge in [0.1, 0.15) is 19.0 Å². The van der Waals surface area contributed by atoms with Gasteiger partial charge in [-0.15, -0.1) is 0 Å². The molecule has 2 amide bonds. The average molecular weight is 506 g/mol. The highest BCUT2D eigenvalue weighted by Gasteiger charge is 2.20. The number of fused-ring (bicyclic) bond motifs is 2. The predicted molar refractivity (Wildman–Crippen MR) is 138 cm³/mol. The number of carbonyl (C=O) groups is 1. The molecule has 0 bridgehead atoms. The molecule has 1 aromatic heterocycles. The van der Waals surface area contributed by atoms with E-state index in [0.717, 1.165) is 10.9 Å². The van der Waals surface area contributed by atoms with Gasteiger partial charge in [-0.05, 0) is 42.0 Å². The molecular weight excluding hydrogens is 482 g/mol. The highest BCUT2D eigenvalue weighted by atomic mass is 35.5. The van der Waals surface area contributed by atoms with Gasteiger partial charge in [0.25, 0.3) is 5.56 Å². The molecule has 1 aliphatic rings. The summed E-state index contributed by atoms with van der Waals surface area (Å²) in [5.41, 5.74) is 2.18. The number of benzene rings is 3. The largest absolute Gasteiger partial charge is 0.495 e. The Hall–Kier alpha value is -4.17. The summed E-state index contributed by atoms with van der Waals surface area (Å²) in [5.74, 6) is 1.75. The van der Waals surface area contributed by atoms with Crippen LogP contribution < -0.4 is 25.1 Å². The molecule has 184 valence electrons. The van der Waals surface area contributed by atoms with Crippen molar-refractivity contribution in [3.63, 3.8) is 0 Å². The number of halogens is 1. The molecule has 0 unspecified atom stereocenters. The summed E-state index contributed by atoms with van der Waals surface area (Å²) in [6.07, 6.45) is 0. The Bertz CT molecular complexity index is 1470. The van der Waals surface area contributed by atoms with E-state index in [4.69, 9.17) is 25.8 Å². The molecule has 0 spiro atoms. The quantitative estimate of drug-likeness (QED) is 0.376. The molecule has 0 radical (unpaired) electrons. The second kappa shape index (κ2) is 10.2. The van der Waals surface area contributed by atoms with Crippen molar-refractivity contribution in [2.45, 2.75) is 13.1 Å². The fourth-order valence-electron chi connectivity index (χ4n) is 4.06. The lowest BCUT2D eigenvalue weighted by molar-refractivity contribution is 0.172. The van der Waals surface area contributed by atoms with E-state index in [2.05, 4.69) is 10.3 Å². The van der Waals surface area contributed by atoms with E-state index in [-0.39, 0.29) is 24.7 Å². The lowest BCUT2D eigenvalue weighted by Crippen LogP contribution is -2.35. The van der Waals surface area contributed by atoms with Crippen LogP contribution in [-0.4, -0.2) is 36.2 Å². The molecule has 0 fully saturated rings. The van der Waals surface area contributed by atoms with Crippen LogP contribution in [0.1, 0.15) is 11.1 Å². The summed E-state index contributed by atoms with van der Waals surface area (Å²) in [7, 11) is 1.54. The number of anilines is 1. The number of aromatic amines is 1. The second-order valence-electron chi connectivity index (χ2n) is 8.32. The van der Waals surface area contributed by atoms with Gasteiger partial charge in [0.05, 0.1) is 24.9 Å². The first-order chi connectivity index (χ1) is 17.5. The van der Waals surface area contributed by atoms with Gasteiger partial charge in [-0.2, -0.15) is 0 Å². The maximum atomic E-state index is 13.4. The van der Waals surface area contributed by atoms with Gasteiger partial charge in [-0.1, -0.05) is 35.9 Å². The minimum Gasteiger partial charge on any atom is -0.495 e. The third-order valence-corrected chi connectivity index (χ3v) is 6.12. The number of carbonyl (C=O) groups excluding carboxylic acids is 1. The molecule has 1 aliphatic heterocycles. The number of amides is 2. The van der Waals surface area contributed by atoms with Gasteiger partial charge >= 0.3 is 6.03 Å². The average Bonchev–Trinajstić information content (AvgIpc) is 2.89. The maximum absolute atomic E-state index is 13.4. The highest BCUT2D eigenvalue weighted by Crippen LogP contribution is 2.34. The van der Waals surface area contributed by atoms with E-state index < -0.39 is 0 Å². The maximum Gasteiger partial charge on any atom is 0.322 e. The van der Waals surface area contributed by atoms with Crippen molar-refractivity contribution in [1.82, 2.24) is 9.88 Å². The Morgan fingerprint density at radius 2 is 1.75 bits per heavy atom. The van der Waals surface area contributed by atoms with Crippen LogP contribution in [0.4, 0.5) is 10.5 Å². The Balaban J connectivity index is 1.47. The van der Waals surface area contributed by atoms with Crippen LogP contribution >= 0.6 is 11.6 Å². The zero-order chi connectivity index (χ0) is 25.1. The topological polar surface area (TPSA) is 92.9 Å². The van der Waals surface area contributed by atoms with Gasteiger partial charge in [0.2, 0.25) is 0 Å². The lowest BCUT2D eigenvalue weighted by atomic mass is 10.1. The Morgan fingerprint density at radius 3 is 2.50 bits per heavy atom. The highest BCUT2D eigenvalue weighted by molar-refractivity contribution is 6.30. The molecule has 3 aromatic carbocycles. The molecule has 4 aromatic rings.